The number of aryl methyl sites for hydroxylation is 1. The van der Waals surface area contributed by atoms with E-state index < -0.39 is 6.10 Å². The second-order valence-corrected chi connectivity index (χ2v) is 8.48. The SMILES string of the molecule is Cc1ccc(C(C)C)c(O[C@@H](C)C(=O)NCCCN2c3ccccc3C[C@@H]2C)c1. The minimum atomic E-state index is -0.513. The molecule has 1 heterocycles. The Morgan fingerprint density at radius 2 is 1.97 bits per heavy atom. The van der Waals surface area contributed by atoms with E-state index in [1.54, 1.807) is 0 Å². The summed E-state index contributed by atoms with van der Waals surface area (Å²) in [4.78, 5) is 15.0. The van der Waals surface area contributed by atoms with E-state index in [2.05, 4.69) is 67.4 Å². The lowest BCUT2D eigenvalue weighted by Gasteiger charge is -2.25. The molecule has 2 atom stereocenters. The van der Waals surface area contributed by atoms with E-state index in [0.717, 1.165) is 36.3 Å². The molecule has 4 heteroatoms. The third-order valence-corrected chi connectivity index (χ3v) is 5.69. The monoisotopic (exact) mass is 394 g/mol. The maximum Gasteiger partial charge on any atom is 0.260 e. The zero-order chi connectivity index (χ0) is 21.0. The summed E-state index contributed by atoms with van der Waals surface area (Å²) in [6.07, 6.45) is 1.50. The van der Waals surface area contributed by atoms with Gasteiger partial charge in [0, 0.05) is 24.8 Å². The van der Waals surface area contributed by atoms with Gasteiger partial charge in [0.25, 0.3) is 5.91 Å². The first kappa shape index (κ1) is 21.2. The van der Waals surface area contributed by atoms with Crippen molar-refractivity contribution in [2.75, 3.05) is 18.0 Å². The maximum atomic E-state index is 12.5. The average molecular weight is 395 g/mol. The first-order valence-corrected chi connectivity index (χ1v) is 10.8. The Morgan fingerprint density at radius 3 is 2.72 bits per heavy atom. The van der Waals surface area contributed by atoms with Crippen LogP contribution in [0.25, 0.3) is 0 Å². The van der Waals surface area contributed by atoms with Crippen LogP contribution in [0, 0.1) is 6.92 Å². The number of benzene rings is 2. The first-order valence-electron chi connectivity index (χ1n) is 10.8. The summed E-state index contributed by atoms with van der Waals surface area (Å²) >= 11 is 0. The summed E-state index contributed by atoms with van der Waals surface area (Å²) in [5.41, 5.74) is 5.03. The van der Waals surface area contributed by atoms with Crippen LogP contribution in [0.3, 0.4) is 0 Å². The van der Waals surface area contributed by atoms with Gasteiger partial charge in [0.05, 0.1) is 0 Å². The number of nitrogens with one attached hydrogen (secondary N) is 1. The lowest BCUT2D eigenvalue weighted by molar-refractivity contribution is -0.127. The number of ether oxygens (including phenoxy) is 1. The fourth-order valence-electron chi connectivity index (χ4n) is 4.04. The molecule has 1 aliphatic heterocycles. The zero-order valence-corrected chi connectivity index (χ0v) is 18.4. The number of carbonyl (C=O) groups is 1. The molecule has 0 bridgehead atoms. The lowest BCUT2D eigenvalue weighted by Crippen LogP contribution is -2.38. The second kappa shape index (κ2) is 9.34. The fraction of sp³-hybridized carbons (Fsp3) is 0.480. The predicted molar refractivity (Wildman–Crippen MR) is 120 cm³/mol. The van der Waals surface area contributed by atoms with Crippen LogP contribution in [0.1, 0.15) is 56.7 Å². The van der Waals surface area contributed by atoms with Gasteiger partial charge in [-0.2, -0.15) is 0 Å². The smallest absolute Gasteiger partial charge is 0.260 e. The molecule has 2 aromatic carbocycles. The van der Waals surface area contributed by atoms with Crippen LogP contribution in [0.15, 0.2) is 42.5 Å². The molecule has 1 aliphatic rings. The number of hydrogen-bond acceptors (Lipinski definition) is 3. The highest BCUT2D eigenvalue weighted by Crippen LogP contribution is 2.31. The maximum absolute atomic E-state index is 12.5. The number of carbonyl (C=O) groups excluding carboxylic acids is 1. The zero-order valence-electron chi connectivity index (χ0n) is 18.4. The molecule has 0 radical (unpaired) electrons. The Labute approximate surface area is 175 Å². The molecule has 3 rings (SSSR count). The van der Waals surface area contributed by atoms with Gasteiger partial charge in [0.2, 0.25) is 0 Å². The van der Waals surface area contributed by atoms with Crippen molar-refractivity contribution in [2.45, 2.75) is 65.5 Å². The Hall–Kier alpha value is -2.49. The number of anilines is 1. The van der Waals surface area contributed by atoms with Gasteiger partial charge in [-0.1, -0.05) is 44.2 Å². The van der Waals surface area contributed by atoms with Crippen LogP contribution < -0.4 is 15.0 Å². The largest absolute Gasteiger partial charge is 0.481 e. The van der Waals surface area contributed by atoms with Crippen LogP contribution in [0.5, 0.6) is 5.75 Å². The fourth-order valence-corrected chi connectivity index (χ4v) is 4.04. The van der Waals surface area contributed by atoms with Crippen molar-refractivity contribution in [2.24, 2.45) is 0 Å². The van der Waals surface area contributed by atoms with Crippen molar-refractivity contribution in [1.82, 2.24) is 5.32 Å². The molecule has 0 saturated carbocycles. The minimum Gasteiger partial charge on any atom is -0.481 e. The molecule has 0 saturated heterocycles. The topological polar surface area (TPSA) is 41.6 Å². The van der Waals surface area contributed by atoms with Crippen molar-refractivity contribution >= 4 is 11.6 Å². The van der Waals surface area contributed by atoms with Gasteiger partial charge in [0.15, 0.2) is 6.10 Å². The Bertz CT molecular complexity index is 846. The number of nitrogens with zero attached hydrogens (tertiary/aromatic N) is 1. The summed E-state index contributed by atoms with van der Waals surface area (Å²) in [5.74, 6) is 1.10. The highest BCUT2D eigenvalue weighted by molar-refractivity contribution is 5.80. The predicted octanol–water partition coefficient (Wildman–Crippen LogP) is 4.84. The van der Waals surface area contributed by atoms with Gasteiger partial charge in [-0.3, -0.25) is 4.79 Å². The first-order chi connectivity index (χ1) is 13.9. The van der Waals surface area contributed by atoms with Gasteiger partial charge < -0.3 is 15.0 Å². The summed E-state index contributed by atoms with van der Waals surface area (Å²) in [7, 11) is 0. The Kier molecular flexibility index (Phi) is 6.83. The molecule has 29 heavy (non-hydrogen) atoms. The third kappa shape index (κ3) is 5.11. The summed E-state index contributed by atoms with van der Waals surface area (Å²) < 4.78 is 6.02. The molecule has 0 aliphatic carbocycles. The Balaban J connectivity index is 1.48. The van der Waals surface area contributed by atoms with Crippen LogP contribution in [0.2, 0.25) is 0 Å². The lowest BCUT2D eigenvalue weighted by atomic mass is 10.0. The van der Waals surface area contributed by atoms with Crippen molar-refractivity contribution in [3.8, 4) is 5.75 Å². The minimum absolute atomic E-state index is 0.0592. The van der Waals surface area contributed by atoms with Crippen LogP contribution in [0.4, 0.5) is 5.69 Å². The Morgan fingerprint density at radius 1 is 1.21 bits per heavy atom. The molecule has 1 N–H and O–H groups in total. The molecule has 0 unspecified atom stereocenters. The van der Waals surface area contributed by atoms with Crippen molar-refractivity contribution in [3.05, 3.63) is 59.2 Å². The van der Waals surface area contributed by atoms with Gasteiger partial charge >= 0.3 is 0 Å². The van der Waals surface area contributed by atoms with Gasteiger partial charge in [-0.15, -0.1) is 0 Å². The number of para-hydroxylation sites is 1. The number of rotatable bonds is 8. The highest BCUT2D eigenvalue weighted by atomic mass is 16.5. The number of amides is 1. The van der Waals surface area contributed by atoms with Gasteiger partial charge in [-0.25, -0.2) is 0 Å². The molecule has 4 nitrogen and oxygen atoms in total. The van der Waals surface area contributed by atoms with Crippen LogP contribution >= 0.6 is 0 Å². The van der Waals surface area contributed by atoms with E-state index in [1.165, 1.54) is 11.3 Å². The quantitative estimate of drug-likeness (QED) is 0.651. The van der Waals surface area contributed by atoms with Gasteiger partial charge in [0.1, 0.15) is 5.75 Å². The normalized spacial score (nSPS) is 16.6. The molecular weight excluding hydrogens is 360 g/mol. The van der Waals surface area contributed by atoms with E-state index in [1.807, 2.05) is 19.9 Å². The molecule has 0 fully saturated rings. The molecule has 0 aromatic heterocycles. The molecule has 1 amide bonds. The van der Waals surface area contributed by atoms with Crippen LogP contribution in [-0.4, -0.2) is 31.1 Å². The van der Waals surface area contributed by atoms with E-state index in [9.17, 15) is 4.79 Å². The van der Waals surface area contributed by atoms with Gasteiger partial charge in [-0.05, 0) is 68.4 Å². The number of hydrogen-bond donors (Lipinski definition) is 1. The van der Waals surface area contributed by atoms with Crippen molar-refractivity contribution in [1.29, 1.82) is 0 Å². The third-order valence-electron chi connectivity index (χ3n) is 5.69. The standard InChI is InChI=1S/C25H34N2O2/c1-17(2)22-12-11-18(3)15-24(22)29-20(5)25(28)26-13-8-14-27-19(4)16-21-9-6-7-10-23(21)27/h6-7,9-12,15,17,19-20H,8,13-14,16H2,1-5H3,(H,26,28)/t19-,20-/m0/s1. The molecular formula is C25H34N2O2. The van der Waals surface area contributed by atoms with Crippen LogP contribution in [-0.2, 0) is 11.2 Å². The van der Waals surface area contributed by atoms with E-state index in [-0.39, 0.29) is 5.91 Å². The summed E-state index contributed by atoms with van der Waals surface area (Å²) in [6.45, 7) is 12.0. The summed E-state index contributed by atoms with van der Waals surface area (Å²) in [5, 5.41) is 3.04. The van der Waals surface area contributed by atoms with Crippen molar-refractivity contribution < 1.29 is 9.53 Å². The highest BCUT2D eigenvalue weighted by Gasteiger charge is 2.25. The number of fused-ring (bicyclic) bond motifs is 1. The van der Waals surface area contributed by atoms with E-state index in [4.69, 9.17) is 4.74 Å². The summed E-state index contributed by atoms with van der Waals surface area (Å²) in [6, 6.07) is 15.3. The molecule has 2 aromatic rings. The molecule has 0 spiro atoms. The van der Waals surface area contributed by atoms with Crippen molar-refractivity contribution in [3.63, 3.8) is 0 Å². The van der Waals surface area contributed by atoms with E-state index >= 15 is 0 Å². The molecule has 156 valence electrons. The average Bonchev–Trinajstić information content (AvgIpc) is 3.00. The second-order valence-electron chi connectivity index (χ2n) is 8.48. The van der Waals surface area contributed by atoms with E-state index in [0.29, 0.717) is 18.5 Å².